The van der Waals surface area contributed by atoms with E-state index in [4.69, 9.17) is 4.74 Å². The summed E-state index contributed by atoms with van der Waals surface area (Å²) >= 11 is 0. The summed E-state index contributed by atoms with van der Waals surface area (Å²) in [6.45, 7) is 6.40. The summed E-state index contributed by atoms with van der Waals surface area (Å²) in [5.74, 6) is 0. The van der Waals surface area contributed by atoms with E-state index in [0.717, 1.165) is 13.2 Å². The average molecular weight is 479 g/mol. The Bertz CT molecular complexity index is 686. The maximum absolute atomic E-state index is 5.86. The molecule has 196 valence electrons. The van der Waals surface area contributed by atoms with E-state index >= 15 is 0 Å². The summed E-state index contributed by atoms with van der Waals surface area (Å²) in [5.41, 5.74) is 5.97. The molecule has 0 aliphatic rings. The molecule has 35 heavy (non-hydrogen) atoms. The lowest BCUT2D eigenvalue weighted by Gasteiger charge is -2.06. The number of rotatable bonds is 22. The van der Waals surface area contributed by atoms with Crippen LogP contribution in [-0.2, 0) is 17.6 Å². The van der Waals surface area contributed by atoms with E-state index < -0.39 is 0 Å². The number of hydrogen-bond acceptors (Lipinski definition) is 1. The molecule has 0 fully saturated rings. The van der Waals surface area contributed by atoms with Gasteiger partial charge in [0.2, 0.25) is 0 Å². The number of unbranched alkanes of at least 4 members (excludes halogenated alkanes) is 14. The predicted octanol–water partition coefficient (Wildman–Crippen LogP) is 10.3. The first-order valence-electron chi connectivity index (χ1n) is 14.9. The highest BCUT2D eigenvalue weighted by atomic mass is 16.5. The van der Waals surface area contributed by atoms with Crippen LogP contribution in [0.25, 0.3) is 0 Å². The summed E-state index contributed by atoms with van der Waals surface area (Å²) in [6.07, 6.45) is 24.3. The van der Waals surface area contributed by atoms with Crippen molar-refractivity contribution in [3.8, 4) is 0 Å². The smallest absolute Gasteiger partial charge is 0.0466 e. The molecule has 0 bridgehead atoms. The molecule has 0 unspecified atom stereocenters. The molecule has 0 heterocycles. The Morgan fingerprint density at radius 1 is 0.400 bits per heavy atom. The summed E-state index contributed by atoms with van der Waals surface area (Å²) in [7, 11) is 0. The van der Waals surface area contributed by atoms with E-state index in [-0.39, 0.29) is 0 Å². The second kappa shape index (κ2) is 20.6. The first kappa shape index (κ1) is 29.6. The van der Waals surface area contributed by atoms with Crippen LogP contribution in [0.5, 0.6) is 0 Å². The van der Waals surface area contributed by atoms with Crippen molar-refractivity contribution in [2.24, 2.45) is 0 Å². The van der Waals surface area contributed by atoms with Gasteiger partial charge in [0.25, 0.3) is 0 Å². The van der Waals surface area contributed by atoms with Crippen molar-refractivity contribution in [1.29, 1.82) is 0 Å². The zero-order chi connectivity index (χ0) is 24.8. The van der Waals surface area contributed by atoms with Crippen LogP contribution >= 0.6 is 0 Å². The highest BCUT2D eigenvalue weighted by Gasteiger charge is 1.99. The molecule has 0 aliphatic carbocycles. The van der Waals surface area contributed by atoms with Crippen LogP contribution in [-0.4, -0.2) is 13.2 Å². The van der Waals surface area contributed by atoms with Gasteiger partial charge in [-0.05, 0) is 74.6 Å². The average Bonchev–Trinajstić information content (AvgIpc) is 2.87. The second-order valence-electron chi connectivity index (χ2n) is 10.6. The van der Waals surface area contributed by atoms with Gasteiger partial charge in [0.15, 0.2) is 0 Å². The van der Waals surface area contributed by atoms with Gasteiger partial charge >= 0.3 is 0 Å². The Hall–Kier alpha value is -1.60. The van der Waals surface area contributed by atoms with Crippen molar-refractivity contribution in [3.05, 3.63) is 70.8 Å². The van der Waals surface area contributed by atoms with Gasteiger partial charge in [-0.3, -0.25) is 0 Å². The molecule has 0 aliphatic heterocycles. The molecule has 2 aromatic rings. The minimum absolute atomic E-state index is 0.970. The van der Waals surface area contributed by atoms with Crippen molar-refractivity contribution >= 4 is 0 Å². The molecule has 0 radical (unpaired) electrons. The van der Waals surface area contributed by atoms with E-state index in [0.29, 0.717) is 0 Å². The molecule has 2 rings (SSSR count). The normalized spacial score (nSPS) is 11.3. The van der Waals surface area contributed by atoms with Gasteiger partial charge in [0.05, 0.1) is 0 Å². The molecule has 2 aromatic carbocycles. The standard InChI is InChI=1S/C34H54O/c1-31-23-17-19-27-33(31)25-15-11-7-3-5-9-13-21-29-35-30-22-14-10-6-4-8-12-16-26-34-28-20-18-24-32(34)2/h17-20,23-24,27-28H,3-16,21-22,25-26,29-30H2,1-2H3. The van der Waals surface area contributed by atoms with Gasteiger partial charge in [-0.1, -0.05) is 126 Å². The molecule has 0 amide bonds. The van der Waals surface area contributed by atoms with E-state index in [1.54, 1.807) is 0 Å². The van der Waals surface area contributed by atoms with E-state index in [1.807, 2.05) is 0 Å². The van der Waals surface area contributed by atoms with Crippen LogP contribution in [0.15, 0.2) is 48.5 Å². The highest BCUT2D eigenvalue weighted by Crippen LogP contribution is 2.15. The Morgan fingerprint density at radius 2 is 0.714 bits per heavy atom. The fraction of sp³-hybridized carbons (Fsp3) is 0.647. The molecule has 1 nitrogen and oxygen atoms in total. The zero-order valence-corrected chi connectivity index (χ0v) is 23.2. The first-order valence-corrected chi connectivity index (χ1v) is 14.9. The SMILES string of the molecule is Cc1ccccc1CCCCCCCCCCOCCCCCCCCCCc1ccccc1C. The van der Waals surface area contributed by atoms with Gasteiger partial charge in [-0.15, -0.1) is 0 Å². The molecule has 0 N–H and O–H groups in total. The van der Waals surface area contributed by atoms with Crippen LogP contribution in [0.4, 0.5) is 0 Å². The third kappa shape index (κ3) is 15.2. The topological polar surface area (TPSA) is 9.23 Å². The summed E-state index contributed by atoms with van der Waals surface area (Å²) < 4.78 is 5.86. The van der Waals surface area contributed by atoms with E-state index in [9.17, 15) is 0 Å². The summed E-state index contributed by atoms with van der Waals surface area (Å²) in [6, 6.07) is 17.7. The lowest BCUT2D eigenvalue weighted by Crippen LogP contribution is -1.97. The lowest BCUT2D eigenvalue weighted by atomic mass is 10.0. The van der Waals surface area contributed by atoms with Crippen LogP contribution in [0, 0.1) is 13.8 Å². The maximum Gasteiger partial charge on any atom is 0.0466 e. The molecule has 0 saturated heterocycles. The quantitative estimate of drug-likeness (QED) is 0.153. The number of hydrogen-bond donors (Lipinski definition) is 0. The van der Waals surface area contributed by atoms with Crippen molar-refractivity contribution < 1.29 is 4.74 Å². The Kier molecular flexibility index (Phi) is 17.4. The molecule has 0 spiro atoms. The number of benzene rings is 2. The van der Waals surface area contributed by atoms with Crippen LogP contribution < -0.4 is 0 Å². The Balaban J connectivity index is 1.23. The van der Waals surface area contributed by atoms with Gasteiger partial charge in [-0.2, -0.15) is 0 Å². The zero-order valence-electron chi connectivity index (χ0n) is 23.2. The van der Waals surface area contributed by atoms with E-state index in [2.05, 4.69) is 62.4 Å². The van der Waals surface area contributed by atoms with Crippen molar-refractivity contribution in [2.75, 3.05) is 13.2 Å². The minimum atomic E-state index is 0.970. The van der Waals surface area contributed by atoms with Crippen molar-refractivity contribution in [1.82, 2.24) is 0 Å². The lowest BCUT2D eigenvalue weighted by molar-refractivity contribution is 0.125. The van der Waals surface area contributed by atoms with Crippen molar-refractivity contribution in [3.63, 3.8) is 0 Å². The summed E-state index contributed by atoms with van der Waals surface area (Å²) in [5, 5.41) is 0. The predicted molar refractivity (Wildman–Crippen MR) is 154 cm³/mol. The highest BCUT2D eigenvalue weighted by molar-refractivity contribution is 5.26. The van der Waals surface area contributed by atoms with Gasteiger partial charge in [-0.25, -0.2) is 0 Å². The summed E-state index contributed by atoms with van der Waals surface area (Å²) in [4.78, 5) is 0. The minimum Gasteiger partial charge on any atom is -0.381 e. The molecular formula is C34H54O. The van der Waals surface area contributed by atoms with Gasteiger partial charge in [0, 0.05) is 13.2 Å². The Labute approximate surface area is 218 Å². The Morgan fingerprint density at radius 3 is 1.09 bits per heavy atom. The molecule has 0 aromatic heterocycles. The maximum atomic E-state index is 5.86. The molecular weight excluding hydrogens is 424 g/mol. The van der Waals surface area contributed by atoms with Gasteiger partial charge < -0.3 is 4.74 Å². The fourth-order valence-electron chi connectivity index (χ4n) is 5.04. The molecule has 0 atom stereocenters. The second-order valence-corrected chi connectivity index (χ2v) is 10.6. The molecule has 0 saturated carbocycles. The van der Waals surface area contributed by atoms with Crippen molar-refractivity contribution in [2.45, 2.75) is 129 Å². The first-order chi connectivity index (χ1) is 17.3. The third-order valence-corrected chi connectivity index (χ3v) is 7.49. The number of ether oxygens (including phenoxy) is 1. The van der Waals surface area contributed by atoms with Crippen LogP contribution in [0.1, 0.15) is 125 Å². The fourth-order valence-corrected chi connectivity index (χ4v) is 5.04. The van der Waals surface area contributed by atoms with Crippen LogP contribution in [0.3, 0.4) is 0 Å². The third-order valence-electron chi connectivity index (χ3n) is 7.49. The van der Waals surface area contributed by atoms with Crippen LogP contribution in [0.2, 0.25) is 0 Å². The monoisotopic (exact) mass is 478 g/mol. The van der Waals surface area contributed by atoms with Gasteiger partial charge in [0.1, 0.15) is 0 Å². The number of aryl methyl sites for hydroxylation is 4. The molecule has 1 heteroatoms. The van der Waals surface area contributed by atoms with E-state index in [1.165, 1.54) is 138 Å². The largest absolute Gasteiger partial charge is 0.381 e.